The van der Waals surface area contributed by atoms with Gasteiger partial charge in [0.1, 0.15) is 0 Å². The van der Waals surface area contributed by atoms with Crippen LogP contribution in [-0.4, -0.2) is 43.1 Å². The van der Waals surface area contributed by atoms with Crippen molar-refractivity contribution in [3.05, 3.63) is 0 Å². The molecular formula is C10H12F10O2S. The summed E-state index contributed by atoms with van der Waals surface area (Å²) >= 11 is 0. The minimum atomic E-state index is -7.73. The standard InChI is InChI=1S/C10H12F10O2S/c1-3-5(11)7(13,9(15,16)17)23(21,22)8(14,6(12)4-2)10(18,19)20/h5-6H,3-4H2,1-2H3. The van der Waals surface area contributed by atoms with E-state index < -0.39 is 57.4 Å². The van der Waals surface area contributed by atoms with Gasteiger partial charge in [0.2, 0.25) is 9.84 Å². The van der Waals surface area contributed by atoms with Crippen LogP contribution in [0.1, 0.15) is 26.7 Å². The smallest absolute Gasteiger partial charge is 0.242 e. The molecule has 0 aliphatic heterocycles. The average molecular weight is 386 g/mol. The van der Waals surface area contributed by atoms with Crippen LogP contribution in [0.5, 0.6) is 0 Å². The van der Waals surface area contributed by atoms with Gasteiger partial charge >= 0.3 is 22.4 Å². The molecule has 0 aliphatic rings. The second-order valence-electron chi connectivity index (χ2n) is 4.54. The van der Waals surface area contributed by atoms with Gasteiger partial charge in [0.15, 0.2) is 12.3 Å². The van der Waals surface area contributed by atoms with Gasteiger partial charge in [-0.25, -0.2) is 26.0 Å². The van der Waals surface area contributed by atoms with E-state index in [0.29, 0.717) is 13.8 Å². The van der Waals surface area contributed by atoms with Crippen LogP contribution in [0.3, 0.4) is 0 Å². The summed E-state index contributed by atoms with van der Waals surface area (Å²) in [6.45, 7) is 0.973. The summed E-state index contributed by atoms with van der Waals surface area (Å²) in [5.74, 6) is 0. The highest BCUT2D eigenvalue weighted by molar-refractivity contribution is 7.94. The lowest BCUT2D eigenvalue weighted by molar-refractivity contribution is -0.233. The number of alkyl halides is 10. The molecule has 0 saturated carbocycles. The minimum absolute atomic E-state index is 0.487. The average Bonchev–Trinajstić information content (AvgIpc) is 2.40. The van der Waals surface area contributed by atoms with Crippen LogP contribution in [0.15, 0.2) is 0 Å². The van der Waals surface area contributed by atoms with Crippen LogP contribution in [0.2, 0.25) is 0 Å². The van der Waals surface area contributed by atoms with Crippen molar-refractivity contribution in [2.45, 2.75) is 61.4 Å². The monoisotopic (exact) mass is 386 g/mol. The molecule has 0 amide bonds. The van der Waals surface area contributed by atoms with Crippen molar-refractivity contribution in [2.75, 3.05) is 0 Å². The summed E-state index contributed by atoms with van der Waals surface area (Å²) in [6, 6.07) is 0. The van der Waals surface area contributed by atoms with E-state index in [0.717, 1.165) is 0 Å². The fraction of sp³-hybridized carbons (Fsp3) is 1.00. The van der Waals surface area contributed by atoms with Crippen LogP contribution >= 0.6 is 0 Å². The Kier molecular flexibility index (Phi) is 6.08. The second-order valence-corrected chi connectivity index (χ2v) is 6.74. The molecule has 140 valence electrons. The lowest BCUT2D eigenvalue weighted by Gasteiger charge is -2.38. The van der Waals surface area contributed by atoms with E-state index >= 15 is 0 Å². The van der Waals surface area contributed by atoms with E-state index in [1.165, 1.54) is 0 Å². The fourth-order valence-corrected chi connectivity index (χ4v) is 3.79. The first-order valence-electron chi connectivity index (χ1n) is 6.00. The van der Waals surface area contributed by atoms with Gasteiger partial charge in [0, 0.05) is 0 Å². The number of rotatable bonds is 6. The first-order valence-corrected chi connectivity index (χ1v) is 7.48. The molecular weight excluding hydrogens is 374 g/mol. The summed E-state index contributed by atoms with van der Waals surface area (Å²) < 4.78 is 154. The molecule has 0 bridgehead atoms. The number of hydrogen-bond donors (Lipinski definition) is 0. The third-order valence-corrected chi connectivity index (χ3v) is 5.62. The Balaban J connectivity index is 6.80. The maximum absolute atomic E-state index is 14.0. The number of hydrogen-bond acceptors (Lipinski definition) is 2. The summed E-state index contributed by atoms with van der Waals surface area (Å²) in [7, 11) is -7.73. The molecule has 4 atom stereocenters. The zero-order valence-electron chi connectivity index (χ0n) is 11.6. The topological polar surface area (TPSA) is 34.1 Å². The molecule has 0 fully saturated rings. The third-order valence-electron chi connectivity index (χ3n) is 3.08. The summed E-state index contributed by atoms with van der Waals surface area (Å²) in [5, 5.41) is -12.5. The SMILES string of the molecule is CCC(F)C(F)(C(F)(F)F)S(=O)(=O)C(F)(C(F)CC)C(F)(F)F. The van der Waals surface area contributed by atoms with E-state index in [2.05, 4.69) is 0 Å². The number of halogens is 10. The number of sulfone groups is 1. The van der Waals surface area contributed by atoms with E-state index in [1.54, 1.807) is 0 Å². The third kappa shape index (κ3) is 3.00. The van der Waals surface area contributed by atoms with Gasteiger partial charge in [-0.2, -0.15) is 26.3 Å². The van der Waals surface area contributed by atoms with Gasteiger partial charge in [-0.1, -0.05) is 13.8 Å². The van der Waals surface area contributed by atoms with Crippen molar-refractivity contribution in [1.29, 1.82) is 0 Å². The van der Waals surface area contributed by atoms with Crippen LogP contribution in [-0.2, 0) is 9.84 Å². The minimum Gasteiger partial charge on any atom is -0.242 e. The maximum Gasteiger partial charge on any atom is 0.440 e. The fourth-order valence-electron chi connectivity index (χ4n) is 1.74. The zero-order valence-corrected chi connectivity index (χ0v) is 12.4. The van der Waals surface area contributed by atoms with Crippen LogP contribution in [0.25, 0.3) is 0 Å². The van der Waals surface area contributed by atoms with Gasteiger partial charge in [-0.05, 0) is 12.8 Å². The van der Waals surface area contributed by atoms with Gasteiger partial charge in [-0.15, -0.1) is 0 Å². The molecule has 0 spiro atoms. The van der Waals surface area contributed by atoms with E-state index in [1.807, 2.05) is 0 Å². The lowest BCUT2D eigenvalue weighted by Crippen LogP contribution is -2.67. The Bertz CT molecular complexity index is 473. The Labute approximate surface area is 124 Å². The van der Waals surface area contributed by atoms with Gasteiger partial charge in [0.25, 0.3) is 0 Å². The first-order chi connectivity index (χ1) is 9.96. The molecule has 0 radical (unpaired) electrons. The Morgan fingerprint density at radius 3 is 1.04 bits per heavy atom. The highest BCUT2D eigenvalue weighted by Gasteiger charge is 2.82. The zero-order chi connectivity index (χ0) is 19.1. The highest BCUT2D eigenvalue weighted by atomic mass is 32.2. The van der Waals surface area contributed by atoms with Crippen LogP contribution < -0.4 is 0 Å². The Morgan fingerprint density at radius 1 is 0.696 bits per heavy atom. The molecule has 23 heavy (non-hydrogen) atoms. The Morgan fingerprint density at radius 2 is 0.913 bits per heavy atom. The van der Waals surface area contributed by atoms with E-state index in [9.17, 15) is 52.3 Å². The van der Waals surface area contributed by atoms with Gasteiger partial charge < -0.3 is 0 Å². The van der Waals surface area contributed by atoms with Crippen LogP contribution in [0.4, 0.5) is 43.9 Å². The van der Waals surface area contributed by atoms with Gasteiger partial charge in [-0.3, -0.25) is 0 Å². The molecule has 13 heteroatoms. The molecule has 0 rings (SSSR count). The lowest BCUT2D eigenvalue weighted by atomic mass is 10.1. The normalized spacial score (nSPS) is 22.1. The Hall–Kier alpha value is -0.750. The quantitative estimate of drug-likeness (QED) is 0.636. The van der Waals surface area contributed by atoms with Crippen molar-refractivity contribution >= 4 is 9.84 Å². The summed E-state index contributed by atoms with van der Waals surface area (Å²) in [4.78, 5) is 0. The molecule has 0 heterocycles. The first kappa shape index (κ1) is 22.2. The molecule has 0 saturated heterocycles. The van der Waals surface area contributed by atoms with E-state index in [-0.39, 0.29) is 0 Å². The molecule has 0 aromatic rings. The highest BCUT2D eigenvalue weighted by Crippen LogP contribution is 2.54. The van der Waals surface area contributed by atoms with Crippen molar-refractivity contribution < 1.29 is 52.3 Å². The maximum atomic E-state index is 14.0. The van der Waals surface area contributed by atoms with Gasteiger partial charge in [0.05, 0.1) is 0 Å². The molecule has 4 unspecified atom stereocenters. The predicted molar refractivity (Wildman–Crippen MR) is 59.1 cm³/mol. The molecule has 0 N–H and O–H groups in total. The van der Waals surface area contributed by atoms with Crippen molar-refractivity contribution in [3.63, 3.8) is 0 Å². The molecule has 0 aromatic heterocycles. The van der Waals surface area contributed by atoms with Crippen molar-refractivity contribution in [3.8, 4) is 0 Å². The summed E-state index contributed by atoms with van der Waals surface area (Å²) in [5.41, 5.74) is 0. The largest absolute Gasteiger partial charge is 0.440 e. The predicted octanol–water partition coefficient (Wildman–Crippen LogP) is 4.35. The van der Waals surface area contributed by atoms with Crippen LogP contribution in [0, 0.1) is 0 Å². The van der Waals surface area contributed by atoms with E-state index in [4.69, 9.17) is 0 Å². The molecule has 2 nitrogen and oxygen atoms in total. The summed E-state index contributed by atoms with van der Waals surface area (Å²) in [6.07, 6.45) is -24.8. The van der Waals surface area contributed by atoms with Crippen molar-refractivity contribution in [1.82, 2.24) is 0 Å². The second kappa shape index (κ2) is 6.28. The van der Waals surface area contributed by atoms with Crippen molar-refractivity contribution in [2.24, 2.45) is 0 Å². The molecule has 0 aliphatic carbocycles. The molecule has 0 aromatic carbocycles.